The molecular weight excluding hydrogens is 703 g/mol. The number of imidazole rings is 1. The summed E-state index contributed by atoms with van der Waals surface area (Å²) >= 11 is 0. The van der Waals surface area contributed by atoms with Gasteiger partial charge in [-0.05, 0) is 68.4 Å². The molecule has 2 aromatic heterocycles. The Hall–Kier alpha value is -5.55. The summed E-state index contributed by atoms with van der Waals surface area (Å²) in [6.07, 6.45) is 4.08. The molecule has 2 amide bonds. The number of non-ortho nitro benzene ring substituents is 1. The van der Waals surface area contributed by atoms with Crippen LogP contribution in [0.1, 0.15) is 33.6 Å². The van der Waals surface area contributed by atoms with Crippen LogP contribution >= 0.6 is 0 Å². The molecule has 4 aromatic carbocycles. The number of anilines is 1. The molecule has 0 bridgehead atoms. The molecule has 8 rings (SSSR count). The normalized spacial score (nSPS) is 15.4. The van der Waals surface area contributed by atoms with Crippen molar-refractivity contribution in [3.63, 3.8) is 0 Å². The predicted molar refractivity (Wildman–Crippen MR) is 202 cm³/mol. The minimum Gasteiger partial charge on any atom is -0.384 e. The summed E-state index contributed by atoms with van der Waals surface area (Å²) in [5.74, 6) is -0.804. The molecule has 53 heavy (non-hydrogen) atoms. The third-order valence-corrected chi connectivity index (χ3v) is 9.80. The van der Waals surface area contributed by atoms with Gasteiger partial charge in [0.2, 0.25) is 0 Å². The molecule has 1 saturated heterocycles. The number of amides is 2. The summed E-state index contributed by atoms with van der Waals surface area (Å²) in [5, 5.41) is 17.1. The molecule has 0 saturated carbocycles. The van der Waals surface area contributed by atoms with Gasteiger partial charge in [-0.15, -0.1) is 0 Å². The van der Waals surface area contributed by atoms with Crippen LogP contribution in [-0.2, 0) is 10.1 Å². The number of piperazine rings is 1. The third kappa shape index (κ3) is 7.13. The van der Waals surface area contributed by atoms with E-state index in [1.54, 1.807) is 24.5 Å². The van der Waals surface area contributed by atoms with Gasteiger partial charge in [0, 0.05) is 72.9 Å². The first-order valence-corrected chi connectivity index (χ1v) is 19.1. The molecule has 16 heteroatoms. The van der Waals surface area contributed by atoms with Crippen molar-refractivity contribution in [1.82, 2.24) is 24.1 Å². The summed E-state index contributed by atoms with van der Waals surface area (Å²) in [4.78, 5) is 61.7. The van der Waals surface area contributed by atoms with Crippen LogP contribution in [0.2, 0.25) is 0 Å². The second-order valence-corrected chi connectivity index (χ2v) is 14.7. The van der Waals surface area contributed by atoms with Gasteiger partial charge in [-0.2, -0.15) is 8.42 Å². The highest BCUT2D eigenvalue weighted by molar-refractivity contribution is 7.85. The van der Waals surface area contributed by atoms with Gasteiger partial charge in [-0.3, -0.25) is 38.4 Å². The minimum atomic E-state index is -3.67. The second kappa shape index (κ2) is 14.5. The fourth-order valence-corrected chi connectivity index (χ4v) is 7.38. The number of nitrogens with zero attached hydrogens (tertiary/aromatic N) is 6. The molecule has 2 aliphatic rings. The predicted octanol–water partition coefficient (Wildman–Crippen LogP) is 4.11. The van der Waals surface area contributed by atoms with Crippen LogP contribution in [0.25, 0.3) is 38.1 Å². The molecule has 0 aliphatic carbocycles. The largest absolute Gasteiger partial charge is 0.384 e. The van der Waals surface area contributed by atoms with Gasteiger partial charge in [0.25, 0.3) is 27.6 Å². The number of para-hydroxylation sites is 1. The van der Waals surface area contributed by atoms with Crippen LogP contribution in [0.4, 0.5) is 11.4 Å². The molecule has 2 aliphatic heterocycles. The lowest BCUT2D eigenvalue weighted by Gasteiger charge is -2.35. The standard InChI is InChI=1S/C36H33N7O5.CH4O3S/c44-34-24-6-1-2-9-29(24)42-22-38-28-12-11-27(32(34)33(28)42)37-14-4-15-39-18-20-40(21-19-39)16-5-17-41-35(45)25-8-3-7-23-30(43(47)48)13-10-26(31(23)25)36(41)46;1-5(2,3)4/h1-3,6-13,22,37H,4-5,14-21H2;1H3,(H,2,3,4). The molecule has 15 nitrogen and oxygen atoms in total. The van der Waals surface area contributed by atoms with Crippen molar-refractivity contribution in [3.8, 4) is 0 Å². The number of nitro benzene ring substituents is 1. The summed E-state index contributed by atoms with van der Waals surface area (Å²) in [6, 6.07) is 19.2. The number of nitrogens with one attached hydrogen (secondary N) is 1. The maximum atomic E-state index is 13.5. The van der Waals surface area contributed by atoms with E-state index in [2.05, 4.69) is 20.1 Å². The average molecular weight is 740 g/mol. The zero-order chi connectivity index (χ0) is 37.4. The fraction of sp³-hybridized carbons (Fsp3) is 0.297. The fourth-order valence-electron chi connectivity index (χ4n) is 7.38. The smallest absolute Gasteiger partial charge is 0.277 e. The molecular formula is C37H37N7O8S. The lowest BCUT2D eigenvalue weighted by Crippen LogP contribution is -2.48. The van der Waals surface area contributed by atoms with Crippen LogP contribution < -0.4 is 10.7 Å². The monoisotopic (exact) mass is 739 g/mol. The molecule has 0 radical (unpaired) electrons. The number of aromatic nitrogens is 2. The van der Waals surface area contributed by atoms with Crippen molar-refractivity contribution < 1.29 is 27.5 Å². The van der Waals surface area contributed by atoms with Gasteiger partial charge in [0.05, 0.1) is 38.5 Å². The van der Waals surface area contributed by atoms with Gasteiger partial charge in [-0.1, -0.05) is 18.2 Å². The highest BCUT2D eigenvalue weighted by Crippen LogP contribution is 2.35. The first-order chi connectivity index (χ1) is 25.4. The number of rotatable bonds is 10. The molecule has 274 valence electrons. The van der Waals surface area contributed by atoms with E-state index in [1.165, 1.54) is 17.0 Å². The Bertz CT molecular complexity index is 2540. The molecule has 0 atom stereocenters. The van der Waals surface area contributed by atoms with E-state index in [1.807, 2.05) is 40.8 Å². The SMILES string of the molecule is CS(=O)(=O)O.O=C1c2cccc3c([N+](=O)[O-])ccc(c23)C(=O)N1CCCN1CCN(CCCNc2ccc3ncn4c5ccccc5c(=O)c2c34)CC1. The van der Waals surface area contributed by atoms with Crippen LogP contribution in [0, 0.1) is 10.1 Å². The van der Waals surface area contributed by atoms with Gasteiger partial charge in [-0.25, -0.2) is 4.98 Å². The number of hydrogen-bond acceptors (Lipinski definition) is 11. The Balaban J connectivity index is 0.000000817. The quantitative estimate of drug-likeness (QED) is 0.0512. The van der Waals surface area contributed by atoms with Gasteiger partial charge < -0.3 is 15.1 Å². The van der Waals surface area contributed by atoms with Gasteiger partial charge in [0.15, 0.2) is 5.43 Å². The second-order valence-electron chi connectivity index (χ2n) is 13.2. The maximum absolute atomic E-state index is 13.5. The Kier molecular flexibility index (Phi) is 9.78. The molecule has 0 unspecified atom stereocenters. The third-order valence-electron chi connectivity index (χ3n) is 9.80. The number of hydrogen-bond donors (Lipinski definition) is 2. The van der Waals surface area contributed by atoms with E-state index in [-0.39, 0.29) is 11.1 Å². The van der Waals surface area contributed by atoms with Crippen molar-refractivity contribution in [1.29, 1.82) is 0 Å². The zero-order valence-electron chi connectivity index (χ0n) is 28.9. The number of benzene rings is 4. The summed E-state index contributed by atoms with van der Waals surface area (Å²) < 4.78 is 27.9. The topological polar surface area (TPSA) is 188 Å². The molecule has 4 heterocycles. The minimum absolute atomic E-state index is 0.0188. The van der Waals surface area contributed by atoms with Crippen LogP contribution in [0.5, 0.6) is 0 Å². The van der Waals surface area contributed by atoms with E-state index in [9.17, 15) is 32.9 Å². The van der Waals surface area contributed by atoms with E-state index < -0.39 is 26.9 Å². The van der Waals surface area contributed by atoms with Gasteiger partial charge in [0.1, 0.15) is 6.33 Å². The first kappa shape index (κ1) is 35.8. The Morgan fingerprint density at radius 1 is 0.811 bits per heavy atom. The maximum Gasteiger partial charge on any atom is 0.277 e. The van der Waals surface area contributed by atoms with Crippen LogP contribution in [0.3, 0.4) is 0 Å². The molecule has 0 spiro atoms. The van der Waals surface area contributed by atoms with Crippen molar-refractivity contribution in [2.75, 3.05) is 63.9 Å². The Morgan fingerprint density at radius 3 is 2.15 bits per heavy atom. The Labute approximate surface area is 303 Å². The van der Waals surface area contributed by atoms with E-state index in [0.717, 1.165) is 74.5 Å². The lowest BCUT2D eigenvalue weighted by molar-refractivity contribution is -0.383. The first-order valence-electron chi connectivity index (χ1n) is 17.2. The number of pyridine rings is 1. The summed E-state index contributed by atoms with van der Waals surface area (Å²) in [5.41, 5.74) is 3.92. The van der Waals surface area contributed by atoms with Gasteiger partial charge >= 0.3 is 0 Å². The van der Waals surface area contributed by atoms with E-state index in [4.69, 9.17) is 4.55 Å². The highest BCUT2D eigenvalue weighted by atomic mass is 32.2. The molecule has 1 fully saturated rings. The summed E-state index contributed by atoms with van der Waals surface area (Å²) in [7, 11) is -3.67. The number of carbonyl (C=O) groups is 2. The van der Waals surface area contributed by atoms with Crippen LogP contribution in [0.15, 0.2) is 77.9 Å². The number of imide groups is 1. The lowest BCUT2D eigenvalue weighted by atomic mass is 9.93. The highest BCUT2D eigenvalue weighted by Gasteiger charge is 2.34. The average Bonchev–Trinajstić information content (AvgIpc) is 3.57. The number of nitro groups is 1. The zero-order valence-corrected chi connectivity index (χ0v) is 29.7. The molecule has 2 N–H and O–H groups in total. The van der Waals surface area contributed by atoms with E-state index >= 15 is 0 Å². The number of carbonyl (C=O) groups excluding carboxylic acids is 2. The number of fused-ring (bicyclic) bond motifs is 2. The van der Waals surface area contributed by atoms with E-state index in [0.29, 0.717) is 51.9 Å². The van der Waals surface area contributed by atoms with Crippen molar-refractivity contribution in [2.24, 2.45) is 0 Å². The van der Waals surface area contributed by atoms with Crippen molar-refractivity contribution >= 4 is 71.4 Å². The van der Waals surface area contributed by atoms with Crippen LogP contribution in [-0.4, -0.2) is 112 Å². The summed E-state index contributed by atoms with van der Waals surface area (Å²) in [6.45, 7) is 6.40. The van der Waals surface area contributed by atoms with Crippen molar-refractivity contribution in [2.45, 2.75) is 12.8 Å². The van der Waals surface area contributed by atoms with Crippen molar-refractivity contribution in [3.05, 3.63) is 105 Å². The molecule has 6 aromatic rings. The Morgan fingerprint density at radius 2 is 1.45 bits per heavy atom.